The highest BCUT2D eigenvalue weighted by atomic mass is 35.5. The molecule has 1 aliphatic heterocycles. The van der Waals surface area contributed by atoms with Crippen molar-refractivity contribution < 1.29 is 19.2 Å². The van der Waals surface area contributed by atoms with Gasteiger partial charge in [0.1, 0.15) is 6.54 Å². The van der Waals surface area contributed by atoms with Gasteiger partial charge in [-0.3, -0.25) is 19.2 Å². The molecule has 162 valence electrons. The molecule has 0 spiro atoms. The highest BCUT2D eigenvalue weighted by Gasteiger charge is 2.61. The number of fused-ring (bicyclic) bond motifs is 5. The molecule has 4 atom stereocenters. The van der Waals surface area contributed by atoms with Crippen LogP contribution in [0.4, 0.5) is 0 Å². The summed E-state index contributed by atoms with van der Waals surface area (Å²) in [6.45, 7) is -0.456. The van der Waals surface area contributed by atoms with E-state index in [9.17, 15) is 19.2 Å². The lowest BCUT2D eigenvalue weighted by Gasteiger charge is -2.31. The van der Waals surface area contributed by atoms with E-state index in [2.05, 4.69) is 0 Å². The molecule has 6 nitrogen and oxygen atoms in total. The van der Waals surface area contributed by atoms with E-state index in [1.807, 2.05) is 12.2 Å². The predicted molar refractivity (Wildman–Crippen MR) is 118 cm³/mol. The van der Waals surface area contributed by atoms with Crippen LogP contribution >= 0.6 is 23.2 Å². The fraction of sp³-hybridized carbons (Fsp3) is 0.250. The number of hydrogen-bond donors (Lipinski definition) is 0. The Balaban J connectivity index is 1.51. The molecule has 0 unspecified atom stereocenters. The van der Waals surface area contributed by atoms with Gasteiger partial charge in [0, 0.05) is 11.1 Å². The van der Waals surface area contributed by atoms with Crippen LogP contribution in [0.15, 0.2) is 60.7 Å². The van der Waals surface area contributed by atoms with Gasteiger partial charge in [-0.05, 0) is 36.5 Å². The van der Waals surface area contributed by atoms with Gasteiger partial charge >= 0.3 is 0 Å². The van der Waals surface area contributed by atoms with Crippen molar-refractivity contribution in [2.24, 2.45) is 23.7 Å². The van der Waals surface area contributed by atoms with Crippen molar-refractivity contribution >= 4 is 46.7 Å². The molecule has 2 bridgehead atoms. The van der Waals surface area contributed by atoms with Gasteiger partial charge in [-0.1, -0.05) is 65.7 Å². The summed E-state index contributed by atoms with van der Waals surface area (Å²) < 4.78 is 0. The van der Waals surface area contributed by atoms with Crippen molar-refractivity contribution in [2.75, 3.05) is 6.54 Å². The van der Waals surface area contributed by atoms with Gasteiger partial charge in [0.15, 0.2) is 5.78 Å². The third kappa shape index (κ3) is 3.26. The normalized spacial score (nSPS) is 25.4. The number of benzene rings is 2. The molecule has 2 fully saturated rings. The monoisotopic (exact) mass is 468 g/mol. The number of carbonyl (C=O) groups is 4. The number of amides is 3. The third-order valence-corrected chi connectivity index (χ3v) is 7.22. The van der Waals surface area contributed by atoms with Gasteiger partial charge in [0.05, 0.1) is 21.9 Å². The maximum Gasteiger partial charge on any atom is 0.273 e. The molecule has 0 N–H and O–H groups in total. The van der Waals surface area contributed by atoms with Crippen LogP contribution in [0.1, 0.15) is 27.1 Å². The van der Waals surface area contributed by atoms with Crippen LogP contribution in [0.25, 0.3) is 0 Å². The molecule has 3 amide bonds. The van der Waals surface area contributed by atoms with Crippen molar-refractivity contribution in [3.05, 3.63) is 81.9 Å². The van der Waals surface area contributed by atoms with E-state index < -0.39 is 41.9 Å². The van der Waals surface area contributed by atoms with Gasteiger partial charge in [0.2, 0.25) is 0 Å². The maximum absolute atomic E-state index is 13.5. The molecule has 2 aliphatic carbocycles. The lowest BCUT2D eigenvalue weighted by atomic mass is 9.85. The van der Waals surface area contributed by atoms with Gasteiger partial charge in [-0.15, -0.1) is 0 Å². The van der Waals surface area contributed by atoms with E-state index in [-0.39, 0.29) is 27.4 Å². The zero-order chi connectivity index (χ0) is 22.6. The largest absolute Gasteiger partial charge is 0.292 e. The lowest BCUT2D eigenvalue weighted by Crippen LogP contribution is -2.52. The number of halogens is 2. The van der Waals surface area contributed by atoms with E-state index in [1.165, 1.54) is 18.2 Å². The van der Waals surface area contributed by atoms with Crippen LogP contribution in [0.2, 0.25) is 10.0 Å². The van der Waals surface area contributed by atoms with Crippen LogP contribution in [-0.2, 0) is 9.59 Å². The molecule has 32 heavy (non-hydrogen) atoms. The zero-order valence-corrected chi connectivity index (χ0v) is 18.3. The molecule has 2 aromatic carbocycles. The minimum atomic E-state index is -0.671. The second-order valence-electron chi connectivity index (χ2n) is 8.27. The molecule has 2 aromatic rings. The standard InChI is InChI=1S/C24H18Cl2N2O4/c25-17-9-8-16(11-18(17)26)22(30)27(12-19(29)13-4-2-1-3-5-13)28-23(31)20-14-6-7-15(10-14)21(20)24(28)32/h1-9,11,14-15,20-21H,10,12H2/t14-,15+,20-,21-/m0/s1. The Morgan fingerprint density at radius 1 is 0.875 bits per heavy atom. The first kappa shape index (κ1) is 20.9. The molecule has 0 aromatic heterocycles. The average molecular weight is 469 g/mol. The van der Waals surface area contributed by atoms with Gasteiger partial charge < -0.3 is 0 Å². The Bertz CT molecular complexity index is 1150. The summed E-state index contributed by atoms with van der Waals surface area (Å²) in [7, 11) is 0. The van der Waals surface area contributed by atoms with Crippen LogP contribution in [0.5, 0.6) is 0 Å². The van der Waals surface area contributed by atoms with Gasteiger partial charge in [-0.2, -0.15) is 5.01 Å². The number of hydrogen-bond acceptors (Lipinski definition) is 4. The highest BCUT2D eigenvalue weighted by molar-refractivity contribution is 6.42. The molecule has 1 saturated carbocycles. The minimum absolute atomic E-state index is 0.0156. The third-order valence-electron chi connectivity index (χ3n) is 6.48. The summed E-state index contributed by atoms with van der Waals surface area (Å²) in [5.41, 5.74) is 0.500. The lowest BCUT2D eigenvalue weighted by molar-refractivity contribution is -0.154. The first-order chi connectivity index (χ1) is 15.4. The number of allylic oxidation sites excluding steroid dienone is 2. The maximum atomic E-state index is 13.5. The molecule has 1 heterocycles. The van der Waals surface area contributed by atoms with Crippen molar-refractivity contribution in [2.45, 2.75) is 6.42 Å². The topological polar surface area (TPSA) is 74.8 Å². The van der Waals surface area contributed by atoms with E-state index >= 15 is 0 Å². The summed E-state index contributed by atoms with van der Waals surface area (Å²) in [6.07, 6.45) is 4.71. The summed E-state index contributed by atoms with van der Waals surface area (Å²) in [4.78, 5) is 53.1. The summed E-state index contributed by atoms with van der Waals surface area (Å²) in [5.74, 6) is -2.96. The Morgan fingerprint density at radius 2 is 1.50 bits per heavy atom. The molecule has 8 heteroatoms. The number of imide groups is 1. The minimum Gasteiger partial charge on any atom is -0.292 e. The summed E-state index contributed by atoms with van der Waals surface area (Å²) in [5, 5.41) is 2.26. The van der Waals surface area contributed by atoms with Crippen LogP contribution in [0.3, 0.4) is 0 Å². The molecule has 3 aliphatic rings. The fourth-order valence-electron chi connectivity index (χ4n) is 4.99. The molecular formula is C24H18Cl2N2O4. The Hall–Kier alpha value is -2.96. The van der Waals surface area contributed by atoms with Crippen molar-refractivity contribution in [3.8, 4) is 0 Å². The molecule has 0 radical (unpaired) electrons. The summed E-state index contributed by atoms with van der Waals surface area (Å²) >= 11 is 12.1. The second kappa shape index (κ2) is 7.87. The first-order valence-corrected chi connectivity index (χ1v) is 11.0. The molecule has 1 saturated heterocycles. The number of Topliss-reactive ketones (excluding diaryl/α,β-unsaturated/α-hetero) is 1. The number of rotatable bonds is 5. The van der Waals surface area contributed by atoms with E-state index in [0.29, 0.717) is 5.56 Å². The Labute approximate surface area is 194 Å². The number of carbonyl (C=O) groups excluding carboxylic acids is 4. The second-order valence-corrected chi connectivity index (χ2v) is 9.08. The van der Waals surface area contributed by atoms with E-state index in [1.54, 1.807) is 30.3 Å². The van der Waals surface area contributed by atoms with E-state index in [0.717, 1.165) is 16.4 Å². The van der Waals surface area contributed by atoms with Gasteiger partial charge in [0.25, 0.3) is 17.7 Å². The number of hydrazine groups is 1. The van der Waals surface area contributed by atoms with E-state index in [4.69, 9.17) is 23.2 Å². The number of ketones is 1. The Morgan fingerprint density at radius 3 is 2.09 bits per heavy atom. The van der Waals surface area contributed by atoms with Crippen molar-refractivity contribution in [3.63, 3.8) is 0 Å². The predicted octanol–water partition coefficient (Wildman–Crippen LogP) is 4.04. The number of nitrogens with zero attached hydrogens (tertiary/aromatic N) is 2. The molecule has 5 rings (SSSR count). The first-order valence-electron chi connectivity index (χ1n) is 10.3. The highest BCUT2D eigenvalue weighted by Crippen LogP contribution is 2.52. The van der Waals surface area contributed by atoms with Gasteiger partial charge in [-0.25, -0.2) is 5.01 Å². The fourth-order valence-corrected chi connectivity index (χ4v) is 5.29. The molecular weight excluding hydrogens is 451 g/mol. The SMILES string of the molecule is O=C(CN(C(=O)c1ccc(Cl)c(Cl)c1)N1C(=O)[C@@H]2[C@@H](C1=O)[C@H]1C=C[C@@H]2C1)c1ccccc1. The van der Waals surface area contributed by atoms with Crippen molar-refractivity contribution in [1.82, 2.24) is 10.0 Å². The van der Waals surface area contributed by atoms with Crippen LogP contribution in [0, 0.1) is 23.7 Å². The summed E-state index contributed by atoms with van der Waals surface area (Å²) in [6, 6.07) is 12.7. The Kier molecular flexibility index (Phi) is 5.14. The smallest absolute Gasteiger partial charge is 0.273 e. The van der Waals surface area contributed by atoms with Crippen LogP contribution in [-0.4, -0.2) is 40.1 Å². The zero-order valence-electron chi connectivity index (χ0n) is 16.8. The average Bonchev–Trinajstić information content (AvgIpc) is 3.48. The van der Waals surface area contributed by atoms with Crippen LogP contribution < -0.4 is 0 Å². The van der Waals surface area contributed by atoms with Crippen molar-refractivity contribution in [1.29, 1.82) is 0 Å². The quantitative estimate of drug-likeness (QED) is 0.377.